The molecule has 1 rings (SSSR count). The maximum absolute atomic E-state index is 12.1. The molecule has 100 valence electrons. The van der Waals surface area contributed by atoms with E-state index < -0.39 is 0 Å². The Balaban J connectivity index is 2.25. The minimum absolute atomic E-state index is 0.363. The van der Waals surface area contributed by atoms with Crippen molar-refractivity contribution in [2.24, 2.45) is 0 Å². The van der Waals surface area contributed by atoms with E-state index in [1.165, 1.54) is 19.3 Å². The predicted octanol–water partition coefficient (Wildman–Crippen LogP) is 2.56. The fraction of sp³-hybridized carbons (Fsp3) is 0.929. The van der Waals surface area contributed by atoms with Crippen LogP contribution in [0.4, 0.5) is 0 Å². The summed E-state index contributed by atoms with van der Waals surface area (Å²) in [4.78, 5) is 14.2. The molecule has 1 unspecified atom stereocenters. The Morgan fingerprint density at radius 3 is 2.82 bits per heavy atom. The van der Waals surface area contributed by atoms with Gasteiger partial charge in [-0.2, -0.15) is 0 Å². The second-order valence-corrected chi connectivity index (χ2v) is 5.36. The van der Waals surface area contributed by atoms with Crippen LogP contribution in [0.3, 0.4) is 0 Å². The van der Waals surface area contributed by atoms with Gasteiger partial charge in [0.15, 0.2) is 0 Å². The molecule has 1 aliphatic heterocycles. The molecule has 0 aromatic heterocycles. The monoisotopic (exact) mass is 240 g/mol. The van der Waals surface area contributed by atoms with Gasteiger partial charge >= 0.3 is 0 Å². The molecule has 0 spiro atoms. The molecule has 1 aliphatic rings. The number of nitrogens with one attached hydrogen (secondary N) is 1. The summed E-state index contributed by atoms with van der Waals surface area (Å²) in [7, 11) is 0. The first-order valence-corrected chi connectivity index (χ1v) is 7.18. The van der Waals surface area contributed by atoms with Crippen LogP contribution in [0.15, 0.2) is 0 Å². The Hall–Kier alpha value is -0.570. The number of hydrogen-bond acceptors (Lipinski definition) is 2. The van der Waals surface area contributed by atoms with E-state index in [2.05, 4.69) is 31.0 Å². The zero-order chi connectivity index (χ0) is 12.7. The lowest BCUT2D eigenvalue weighted by molar-refractivity contribution is -0.135. The summed E-state index contributed by atoms with van der Waals surface area (Å²) < 4.78 is 0. The van der Waals surface area contributed by atoms with Gasteiger partial charge in [-0.25, -0.2) is 0 Å². The van der Waals surface area contributed by atoms with Crippen LogP contribution in [0.5, 0.6) is 0 Å². The zero-order valence-electron chi connectivity index (χ0n) is 11.7. The van der Waals surface area contributed by atoms with Crippen molar-refractivity contribution in [1.82, 2.24) is 10.2 Å². The van der Waals surface area contributed by atoms with Gasteiger partial charge in [0.1, 0.15) is 0 Å². The highest BCUT2D eigenvalue weighted by Crippen LogP contribution is 2.20. The Labute approximate surface area is 106 Å². The average Bonchev–Trinajstić information content (AvgIpc) is 2.34. The van der Waals surface area contributed by atoms with Gasteiger partial charge in [0.25, 0.3) is 0 Å². The third kappa shape index (κ3) is 5.07. The highest BCUT2D eigenvalue weighted by Gasteiger charge is 2.24. The molecule has 1 amide bonds. The first-order chi connectivity index (χ1) is 8.15. The van der Waals surface area contributed by atoms with Gasteiger partial charge in [0.05, 0.1) is 0 Å². The lowest BCUT2D eigenvalue weighted by Crippen LogP contribution is -2.43. The Kier molecular flexibility index (Phi) is 6.56. The number of carbonyl (C=O) groups excluding carboxylic acids is 1. The molecule has 3 nitrogen and oxygen atoms in total. The number of nitrogens with zero attached hydrogens (tertiary/aromatic N) is 1. The van der Waals surface area contributed by atoms with Crippen molar-refractivity contribution < 1.29 is 4.79 Å². The summed E-state index contributed by atoms with van der Waals surface area (Å²) >= 11 is 0. The highest BCUT2D eigenvalue weighted by atomic mass is 16.2. The van der Waals surface area contributed by atoms with Crippen molar-refractivity contribution in [2.45, 2.75) is 71.4 Å². The number of likely N-dealkylation sites (tertiary alicyclic amines) is 1. The average molecular weight is 240 g/mol. The third-order valence-corrected chi connectivity index (χ3v) is 3.54. The molecule has 0 aromatic carbocycles. The molecule has 17 heavy (non-hydrogen) atoms. The van der Waals surface area contributed by atoms with Gasteiger partial charge in [0, 0.05) is 25.0 Å². The molecular weight excluding hydrogens is 212 g/mol. The lowest BCUT2D eigenvalue weighted by atomic mass is 9.99. The number of amides is 1. The van der Waals surface area contributed by atoms with Crippen LogP contribution in [0.1, 0.15) is 59.3 Å². The van der Waals surface area contributed by atoms with Crippen molar-refractivity contribution in [2.75, 3.05) is 13.1 Å². The van der Waals surface area contributed by atoms with Crippen LogP contribution in [-0.2, 0) is 4.79 Å². The van der Waals surface area contributed by atoms with Gasteiger partial charge in [-0.15, -0.1) is 0 Å². The molecule has 1 saturated heterocycles. The molecule has 1 heterocycles. The van der Waals surface area contributed by atoms with Gasteiger partial charge in [-0.1, -0.05) is 20.8 Å². The maximum atomic E-state index is 12.1. The summed E-state index contributed by atoms with van der Waals surface area (Å²) in [5, 5.41) is 3.36. The van der Waals surface area contributed by atoms with E-state index in [0.717, 1.165) is 25.9 Å². The van der Waals surface area contributed by atoms with E-state index in [-0.39, 0.29) is 0 Å². The molecule has 0 aliphatic carbocycles. The van der Waals surface area contributed by atoms with Crippen molar-refractivity contribution in [3.05, 3.63) is 0 Å². The molecular formula is C14H28N2O. The van der Waals surface area contributed by atoms with Crippen molar-refractivity contribution >= 4 is 5.91 Å². The molecule has 1 atom stereocenters. The first kappa shape index (κ1) is 14.5. The van der Waals surface area contributed by atoms with Crippen molar-refractivity contribution in [1.29, 1.82) is 0 Å². The minimum atomic E-state index is 0.363. The van der Waals surface area contributed by atoms with E-state index >= 15 is 0 Å². The number of carbonyl (C=O) groups is 1. The van der Waals surface area contributed by atoms with Crippen LogP contribution in [0, 0.1) is 0 Å². The molecule has 0 bridgehead atoms. The Morgan fingerprint density at radius 2 is 2.18 bits per heavy atom. The fourth-order valence-corrected chi connectivity index (χ4v) is 2.53. The summed E-state index contributed by atoms with van der Waals surface area (Å²) in [5.41, 5.74) is 0. The number of hydrogen-bond donors (Lipinski definition) is 1. The summed E-state index contributed by atoms with van der Waals surface area (Å²) in [6, 6.07) is 1.03. The highest BCUT2D eigenvalue weighted by molar-refractivity contribution is 5.76. The van der Waals surface area contributed by atoms with E-state index in [0.29, 0.717) is 24.4 Å². The maximum Gasteiger partial charge on any atom is 0.222 e. The second kappa shape index (κ2) is 7.70. The van der Waals surface area contributed by atoms with Gasteiger partial charge in [-0.3, -0.25) is 4.79 Å². The summed E-state index contributed by atoms with van der Waals surface area (Å²) in [6.07, 6.45) is 6.45. The predicted molar refractivity (Wildman–Crippen MR) is 72.0 cm³/mol. The molecule has 1 N–H and O–H groups in total. The first-order valence-electron chi connectivity index (χ1n) is 7.18. The van der Waals surface area contributed by atoms with Gasteiger partial charge in [-0.05, 0) is 38.6 Å². The normalized spacial score (nSPS) is 20.9. The third-order valence-electron chi connectivity index (χ3n) is 3.54. The van der Waals surface area contributed by atoms with E-state index in [1.54, 1.807) is 0 Å². The largest absolute Gasteiger partial charge is 0.340 e. The standard InChI is InChI=1S/C14H28N2O/c1-4-13-8-5-6-11-16(13)14(17)9-7-10-15-12(2)3/h12-13,15H,4-11H2,1-3H3. The van der Waals surface area contributed by atoms with Crippen molar-refractivity contribution in [3.63, 3.8) is 0 Å². The van der Waals surface area contributed by atoms with Crippen LogP contribution in [0.2, 0.25) is 0 Å². The van der Waals surface area contributed by atoms with Crippen LogP contribution >= 0.6 is 0 Å². The van der Waals surface area contributed by atoms with Crippen LogP contribution in [0.25, 0.3) is 0 Å². The summed E-state index contributed by atoms with van der Waals surface area (Å²) in [6.45, 7) is 8.40. The second-order valence-electron chi connectivity index (χ2n) is 5.36. The SMILES string of the molecule is CCC1CCCCN1C(=O)CCCNC(C)C. The van der Waals surface area contributed by atoms with Crippen molar-refractivity contribution in [3.8, 4) is 0 Å². The summed E-state index contributed by atoms with van der Waals surface area (Å²) in [5.74, 6) is 0.363. The van der Waals surface area contributed by atoms with Gasteiger partial charge < -0.3 is 10.2 Å². The number of piperidine rings is 1. The van der Waals surface area contributed by atoms with E-state index in [9.17, 15) is 4.79 Å². The molecule has 3 heteroatoms. The van der Waals surface area contributed by atoms with Gasteiger partial charge in [0.2, 0.25) is 5.91 Å². The molecule has 1 fully saturated rings. The quantitative estimate of drug-likeness (QED) is 0.724. The Bertz CT molecular complexity index is 228. The van der Waals surface area contributed by atoms with Crippen LogP contribution < -0.4 is 5.32 Å². The fourth-order valence-electron chi connectivity index (χ4n) is 2.53. The zero-order valence-corrected chi connectivity index (χ0v) is 11.7. The molecule has 0 radical (unpaired) electrons. The van der Waals surface area contributed by atoms with E-state index in [4.69, 9.17) is 0 Å². The minimum Gasteiger partial charge on any atom is -0.340 e. The topological polar surface area (TPSA) is 32.3 Å². The lowest BCUT2D eigenvalue weighted by Gasteiger charge is -2.35. The van der Waals surface area contributed by atoms with Crippen LogP contribution in [-0.4, -0.2) is 36.0 Å². The smallest absolute Gasteiger partial charge is 0.222 e. The Morgan fingerprint density at radius 1 is 1.41 bits per heavy atom. The molecule has 0 saturated carbocycles. The number of rotatable bonds is 6. The van der Waals surface area contributed by atoms with E-state index in [1.807, 2.05) is 0 Å². The molecule has 0 aromatic rings.